The fourth-order valence-electron chi connectivity index (χ4n) is 2.31. The quantitative estimate of drug-likeness (QED) is 0.521. The average Bonchev–Trinajstić information content (AvgIpc) is 2.59. The van der Waals surface area contributed by atoms with E-state index in [1.807, 2.05) is 6.07 Å². The monoisotopic (exact) mass is 381 g/mol. The third kappa shape index (κ3) is 8.19. The Bertz CT molecular complexity index is 623. The molecule has 0 unspecified atom stereocenters. The maximum atomic E-state index is 12.1. The molecule has 0 aliphatic rings. The number of amides is 1. The first-order chi connectivity index (χ1) is 12.7. The van der Waals surface area contributed by atoms with Gasteiger partial charge in [-0.05, 0) is 44.9 Å². The summed E-state index contributed by atoms with van der Waals surface area (Å²) in [6, 6.07) is 4.53. The Morgan fingerprint density at radius 3 is 2.41 bits per heavy atom. The summed E-state index contributed by atoms with van der Waals surface area (Å²) in [5.41, 5.74) is 0.138. The number of esters is 1. The van der Waals surface area contributed by atoms with E-state index in [9.17, 15) is 9.59 Å². The van der Waals surface area contributed by atoms with Crippen molar-refractivity contribution in [1.82, 2.24) is 5.32 Å². The van der Waals surface area contributed by atoms with E-state index in [1.54, 1.807) is 40.0 Å². The molecule has 7 nitrogen and oxygen atoms in total. The molecule has 1 N–H and O–H groups in total. The highest BCUT2D eigenvalue weighted by atomic mass is 16.6. The molecule has 0 spiro atoms. The number of carbonyl (C=O) groups is 2. The zero-order chi connectivity index (χ0) is 20.4. The summed E-state index contributed by atoms with van der Waals surface area (Å²) in [6.07, 6.45) is 1.51. The lowest BCUT2D eigenvalue weighted by molar-refractivity contribution is -0.143. The van der Waals surface area contributed by atoms with E-state index in [1.165, 1.54) is 7.11 Å². The number of hydrogen-bond acceptors (Lipinski definition) is 6. The van der Waals surface area contributed by atoms with E-state index >= 15 is 0 Å². The zero-order valence-corrected chi connectivity index (χ0v) is 17.1. The van der Waals surface area contributed by atoms with E-state index in [-0.39, 0.29) is 6.42 Å². The molecule has 152 valence electrons. The van der Waals surface area contributed by atoms with E-state index in [0.29, 0.717) is 18.1 Å². The van der Waals surface area contributed by atoms with Crippen LogP contribution >= 0.6 is 0 Å². The van der Waals surface area contributed by atoms with Crippen LogP contribution in [-0.4, -0.2) is 44.5 Å². The zero-order valence-electron chi connectivity index (χ0n) is 17.1. The molecule has 1 atom stereocenters. The molecule has 7 heteroatoms. The minimum atomic E-state index is -0.873. The summed E-state index contributed by atoms with van der Waals surface area (Å²) in [5.74, 6) is 0.666. The second-order valence-corrected chi connectivity index (χ2v) is 7.11. The van der Waals surface area contributed by atoms with Gasteiger partial charge in [0.1, 0.15) is 11.6 Å². The van der Waals surface area contributed by atoms with Gasteiger partial charge in [-0.2, -0.15) is 0 Å². The lowest BCUT2D eigenvalue weighted by atomic mass is 10.1. The van der Waals surface area contributed by atoms with Crippen LogP contribution in [-0.2, 0) is 20.7 Å². The predicted octanol–water partition coefficient (Wildman–Crippen LogP) is 3.48. The van der Waals surface area contributed by atoms with Crippen LogP contribution in [0.2, 0.25) is 0 Å². The van der Waals surface area contributed by atoms with Crippen LogP contribution in [0.4, 0.5) is 4.79 Å². The summed E-state index contributed by atoms with van der Waals surface area (Å²) in [7, 11) is 2.85. The minimum Gasteiger partial charge on any atom is -0.493 e. The van der Waals surface area contributed by atoms with Crippen molar-refractivity contribution in [2.75, 3.05) is 20.8 Å². The first kappa shape index (κ1) is 22.6. The van der Waals surface area contributed by atoms with Gasteiger partial charge < -0.3 is 24.3 Å². The highest BCUT2D eigenvalue weighted by molar-refractivity contribution is 5.81. The van der Waals surface area contributed by atoms with Gasteiger partial charge in [-0.3, -0.25) is 0 Å². The Hall–Kier alpha value is -2.44. The molecular formula is C20H31NO6. The maximum Gasteiger partial charge on any atom is 0.408 e. The lowest BCUT2D eigenvalue weighted by Gasteiger charge is -2.23. The number of benzene rings is 1. The standard InChI is InChI=1S/C20H31NO6/c1-7-8-11-26-17-13-14(9-10-16(17)24-5)12-15(18(22)25-6)21-19(23)27-20(2,3)4/h9-10,13,15H,7-8,11-12H2,1-6H3,(H,21,23)/t15-/m0/s1. The van der Waals surface area contributed by atoms with Gasteiger partial charge in [-0.25, -0.2) is 9.59 Å². The van der Waals surface area contributed by atoms with Gasteiger partial charge in [0, 0.05) is 6.42 Å². The number of rotatable bonds is 9. The molecule has 0 saturated heterocycles. The highest BCUT2D eigenvalue weighted by Crippen LogP contribution is 2.29. The van der Waals surface area contributed by atoms with Crippen molar-refractivity contribution in [2.45, 2.75) is 58.6 Å². The second kappa shape index (κ2) is 10.6. The van der Waals surface area contributed by atoms with Gasteiger partial charge >= 0.3 is 12.1 Å². The third-order valence-electron chi connectivity index (χ3n) is 3.60. The van der Waals surface area contributed by atoms with Gasteiger partial charge in [0.05, 0.1) is 20.8 Å². The number of carbonyl (C=O) groups excluding carboxylic acids is 2. The number of hydrogen-bond donors (Lipinski definition) is 1. The number of ether oxygens (including phenoxy) is 4. The Kier molecular flexibility index (Phi) is 8.91. The van der Waals surface area contributed by atoms with E-state index in [4.69, 9.17) is 18.9 Å². The van der Waals surface area contributed by atoms with Crippen molar-refractivity contribution in [2.24, 2.45) is 0 Å². The molecule has 0 saturated carbocycles. The van der Waals surface area contributed by atoms with Crippen LogP contribution in [0.15, 0.2) is 18.2 Å². The summed E-state index contributed by atoms with van der Waals surface area (Å²) >= 11 is 0. The predicted molar refractivity (Wildman–Crippen MR) is 102 cm³/mol. The topological polar surface area (TPSA) is 83.1 Å². The summed E-state index contributed by atoms with van der Waals surface area (Å²) < 4.78 is 21.1. The van der Waals surface area contributed by atoms with Gasteiger partial charge in [-0.15, -0.1) is 0 Å². The molecular weight excluding hydrogens is 350 g/mol. The Morgan fingerprint density at radius 2 is 1.85 bits per heavy atom. The molecule has 27 heavy (non-hydrogen) atoms. The first-order valence-corrected chi connectivity index (χ1v) is 9.07. The number of nitrogens with one attached hydrogen (secondary N) is 1. The Labute approximate surface area is 161 Å². The van der Waals surface area contributed by atoms with Gasteiger partial charge in [0.2, 0.25) is 0 Å². The molecule has 1 aromatic carbocycles. The summed E-state index contributed by atoms with van der Waals surface area (Å²) in [5, 5.41) is 2.57. The van der Waals surface area contributed by atoms with Crippen molar-refractivity contribution in [3.05, 3.63) is 23.8 Å². The van der Waals surface area contributed by atoms with Gasteiger partial charge in [-0.1, -0.05) is 19.4 Å². The molecule has 1 amide bonds. The first-order valence-electron chi connectivity index (χ1n) is 9.07. The molecule has 0 fully saturated rings. The van der Waals surface area contributed by atoms with Gasteiger partial charge in [0.15, 0.2) is 11.5 Å². The number of methoxy groups -OCH3 is 2. The van der Waals surface area contributed by atoms with Crippen LogP contribution in [0.3, 0.4) is 0 Å². The Balaban J connectivity index is 2.92. The van der Waals surface area contributed by atoms with Crippen molar-refractivity contribution >= 4 is 12.1 Å². The highest BCUT2D eigenvalue weighted by Gasteiger charge is 2.25. The van der Waals surface area contributed by atoms with E-state index in [2.05, 4.69) is 12.2 Å². The van der Waals surface area contributed by atoms with Crippen LogP contribution in [0.1, 0.15) is 46.1 Å². The summed E-state index contributed by atoms with van der Waals surface area (Å²) in [6.45, 7) is 7.92. The molecule has 1 rings (SSSR count). The van der Waals surface area contributed by atoms with Crippen molar-refractivity contribution in [3.63, 3.8) is 0 Å². The van der Waals surface area contributed by atoms with Gasteiger partial charge in [0.25, 0.3) is 0 Å². The SMILES string of the molecule is CCCCOc1cc(C[C@H](NC(=O)OC(C)(C)C)C(=O)OC)ccc1OC. The van der Waals surface area contributed by atoms with E-state index < -0.39 is 23.7 Å². The normalized spacial score (nSPS) is 12.1. The Morgan fingerprint density at radius 1 is 1.15 bits per heavy atom. The van der Waals surface area contributed by atoms with Crippen LogP contribution in [0.25, 0.3) is 0 Å². The van der Waals surface area contributed by atoms with Crippen molar-refractivity contribution in [1.29, 1.82) is 0 Å². The van der Waals surface area contributed by atoms with Crippen LogP contribution in [0.5, 0.6) is 11.5 Å². The van der Waals surface area contributed by atoms with Crippen LogP contribution in [0, 0.1) is 0 Å². The maximum absolute atomic E-state index is 12.1. The molecule has 0 aromatic heterocycles. The lowest BCUT2D eigenvalue weighted by Crippen LogP contribution is -2.45. The smallest absolute Gasteiger partial charge is 0.408 e. The molecule has 0 radical (unpaired) electrons. The molecule has 0 aliphatic heterocycles. The van der Waals surface area contributed by atoms with Crippen LogP contribution < -0.4 is 14.8 Å². The third-order valence-corrected chi connectivity index (χ3v) is 3.60. The van der Waals surface area contributed by atoms with Crippen molar-refractivity contribution < 1.29 is 28.5 Å². The van der Waals surface area contributed by atoms with E-state index in [0.717, 1.165) is 18.4 Å². The largest absolute Gasteiger partial charge is 0.493 e. The minimum absolute atomic E-state index is 0.236. The summed E-state index contributed by atoms with van der Waals surface area (Å²) in [4.78, 5) is 24.1. The molecule has 1 aromatic rings. The average molecular weight is 381 g/mol. The number of unbranched alkanes of at least 4 members (excludes halogenated alkanes) is 1. The molecule has 0 bridgehead atoms. The number of alkyl carbamates (subject to hydrolysis) is 1. The molecule has 0 aliphatic carbocycles. The molecule has 0 heterocycles. The van der Waals surface area contributed by atoms with Crippen molar-refractivity contribution in [3.8, 4) is 11.5 Å². The second-order valence-electron chi connectivity index (χ2n) is 7.11. The fraction of sp³-hybridized carbons (Fsp3) is 0.600. The fourth-order valence-corrected chi connectivity index (χ4v) is 2.31.